The Hall–Kier alpha value is -3.59. The normalized spacial score (nSPS) is 11.3. The van der Waals surface area contributed by atoms with Crippen LogP contribution in [-0.4, -0.2) is 31.8 Å². The average molecular weight is 406 g/mol. The van der Waals surface area contributed by atoms with Crippen LogP contribution in [0.4, 0.5) is 15.9 Å². The molecule has 0 saturated heterocycles. The monoisotopic (exact) mass is 406 g/mol. The minimum Gasteiger partial charge on any atom is -0.496 e. The fourth-order valence-electron chi connectivity index (χ4n) is 3.27. The number of hydrogen-bond acceptors (Lipinski definition) is 7. The molecule has 0 fully saturated rings. The molecular formula is C20H15FN6OS. The molecule has 0 spiro atoms. The molecule has 0 saturated carbocycles. The van der Waals surface area contributed by atoms with Gasteiger partial charge in [0.25, 0.3) is 0 Å². The van der Waals surface area contributed by atoms with E-state index in [4.69, 9.17) is 4.74 Å². The number of anilines is 2. The molecule has 9 heteroatoms. The summed E-state index contributed by atoms with van der Waals surface area (Å²) >= 11 is 1.26. The number of aromatic nitrogens is 5. The first-order valence-electron chi connectivity index (χ1n) is 8.74. The number of hydrogen-bond donors (Lipinski definition) is 1. The summed E-state index contributed by atoms with van der Waals surface area (Å²) in [5.41, 5.74) is 5.12. The zero-order chi connectivity index (χ0) is 20.0. The molecule has 0 aliphatic carbocycles. The van der Waals surface area contributed by atoms with Crippen molar-refractivity contribution in [3.8, 4) is 16.9 Å². The van der Waals surface area contributed by atoms with Crippen LogP contribution in [0.1, 0.15) is 0 Å². The third kappa shape index (κ3) is 2.95. The number of nitrogens with one attached hydrogen (secondary N) is 1. The first-order valence-corrected chi connectivity index (χ1v) is 9.62. The summed E-state index contributed by atoms with van der Waals surface area (Å²) in [7, 11) is 3.45. The Balaban J connectivity index is 1.65. The fraction of sp³-hybridized carbons (Fsp3) is 0.100. The van der Waals surface area contributed by atoms with Crippen molar-refractivity contribution in [3.05, 3.63) is 54.3 Å². The highest BCUT2D eigenvalue weighted by atomic mass is 32.1. The van der Waals surface area contributed by atoms with Gasteiger partial charge in [0, 0.05) is 18.8 Å². The summed E-state index contributed by atoms with van der Waals surface area (Å²) in [6.07, 6.45) is 5.14. The van der Waals surface area contributed by atoms with Gasteiger partial charge in [-0.3, -0.25) is 4.68 Å². The van der Waals surface area contributed by atoms with Crippen molar-refractivity contribution in [2.45, 2.75) is 0 Å². The predicted octanol–water partition coefficient (Wildman–Crippen LogP) is 4.53. The van der Waals surface area contributed by atoms with E-state index in [1.54, 1.807) is 35.6 Å². The highest BCUT2D eigenvalue weighted by molar-refractivity contribution is 7.16. The zero-order valence-electron chi connectivity index (χ0n) is 15.5. The number of halogens is 1. The second-order valence-corrected chi connectivity index (χ2v) is 7.31. The largest absolute Gasteiger partial charge is 0.496 e. The van der Waals surface area contributed by atoms with Crippen LogP contribution in [0.25, 0.3) is 32.2 Å². The lowest BCUT2D eigenvalue weighted by Gasteiger charge is -2.13. The van der Waals surface area contributed by atoms with Gasteiger partial charge in [-0.15, -0.1) is 11.3 Å². The smallest absolute Gasteiger partial charge is 0.166 e. The molecule has 0 atom stereocenters. The lowest BCUT2D eigenvalue weighted by Crippen LogP contribution is -2.00. The van der Waals surface area contributed by atoms with Gasteiger partial charge in [0.15, 0.2) is 5.82 Å². The Morgan fingerprint density at radius 2 is 2.00 bits per heavy atom. The molecule has 5 aromatic rings. The van der Waals surface area contributed by atoms with E-state index in [-0.39, 0.29) is 5.82 Å². The van der Waals surface area contributed by atoms with Gasteiger partial charge in [-0.05, 0) is 29.8 Å². The molecule has 0 aliphatic rings. The Kier molecular flexibility index (Phi) is 4.09. The molecule has 3 aromatic heterocycles. The first-order chi connectivity index (χ1) is 14.1. The average Bonchev–Trinajstić information content (AvgIpc) is 3.38. The summed E-state index contributed by atoms with van der Waals surface area (Å²) in [4.78, 5) is 12.9. The summed E-state index contributed by atoms with van der Waals surface area (Å²) in [6, 6.07) is 7.27. The predicted molar refractivity (Wildman–Crippen MR) is 111 cm³/mol. The Bertz CT molecular complexity index is 1360. The number of benzene rings is 2. The number of nitrogens with zero attached hydrogens (tertiary/aromatic N) is 5. The summed E-state index contributed by atoms with van der Waals surface area (Å²) in [5.74, 6) is 0.693. The fourth-order valence-corrected chi connectivity index (χ4v) is 3.99. The molecule has 0 radical (unpaired) electrons. The third-order valence-corrected chi connectivity index (χ3v) is 5.49. The number of aryl methyl sites for hydroxylation is 1. The maximum atomic E-state index is 14.9. The van der Waals surface area contributed by atoms with Gasteiger partial charge in [-0.2, -0.15) is 5.10 Å². The van der Waals surface area contributed by atoms with Gasteiger partial charge >= 0.3 is 0 Å². The van der Waals surface area contributed by atoms with Gasteiger partial charge in [0.2, 0.25) is 0 Å². The molecule has 3 heterocycles. The minimum atomic E-state index is -0.359. The van der Waals surface area contributed by atoms with Crippen molar-refractivity contribution in [3.63, 3.8) is 0 Å². The van der Waals surface area contributed by atoms with Gasteiger partial charge in [0.1, 0.15) is 17.9 Å². The summed E-state index contributed by atoms with van der Waals surface area (Å²) in [5, 5.41) is 7.98. The van der Waals surface area contributed by atoms with Crippen LogP contribution in [0.15, 0.2) is 48.5 Å². The molecule has 1 N–H and O–H groups in total. The van der Waals surface area contributed by atoms with Crippen LogP contribution in [0.3, 0.4) is 0 Å². The number of methoxy groups -OCH3 is 1. The van der Waals surface area contributed by atoms with E-state index >= 15 is 0 Å². The minimum absolute atomic E-state index is 0.320. The standard InChI is InChI=1S/C20H15FN6OS/c1-27-8-12(7-25-27)11-5-15-17(16(6-11)28-2)20(23-9-22-15)26-13-3-4-14-19(18(13)21)29-10-24-14/h3-10H,1-2H3,(H,22,23,26). The van der Waals surface area contributed by atoms with Crippen LogP contribution >= 0.6 is 11.3 Å². The lowest BCUT2D eigenvalue weighted by atomic mass is 10.1. The topological polar surface area (TPSA) is 77.8 Å². The van der Waals surface area contributed by atoms with Crippen molar-refractivity contribution >= 4 is 44.0 Å². The quantitative estimate of drug-likeness (QED) is 0.472. The number of thiazole rings is 1. The number of fused-ring (bicyclic) bond motifs is 2. The van der Waals surface area contributed by atoms with E-state index in [0.29, 0.717) is 38.4 Å². The van der Waals surface area contributed by atoms with Crippen LogP contribution in [0.2, 0.25) is 0 Å². The van der Waals surface area contributed by atoms with E-state index in [1.807, 2.05) is 25.4 Å². The van der Waals surface area contributed by atoms with E-state index in [1.165, 1.54) is 17.7 Å². The van der Waals surface area contributed by atoms with E-state index in [2.05, 4.69) is 25.4 Å². The molecule has 0 bridgehead atoms. The molecule has 5 rings (SSSR count). The van der Waals surface area contributed by atoms with Crippen LogP contribution < -0.4 is 10.1 Å². The molecule has 0 aliphatic heterocycles. The molecule has 7 nitrogen and oxygen atoms in total. The Labute approximate surface area is 168 Å². The molecule has 29 heavy (non-hydrogen) atoms. The van der Waals surface area contributed by atoms with Gasteiger partial charge in [-0.1, -0.05) is 0 Å². The second kappa shape index (κ2) is 6.78. The van der Waals surface area contributed by atoms with Crippen molar-refractivity contribution in [1.29, 1.82) is 0 Å². The maximum absolute atomic E-state index is 14.9. The van der Waals surface area contributed by atoms with Crippen molar-refractivity contribution in [1.82, 2.24) is 24.7 Å². The van der Waals surface area contributed by atoms with E-state index in [0.717, 1.165) is 11.1 Å². The number of rotatable bonds is 4. The molecule has 144 valence electrons. The molecule has 2 aromatic carbocycles. The third-order valence-electron chi connectivity index (χ3n) is 4.65. The maximum Gasteiger partial charge on any atom is 0.166 e. The molecule has 0 amide bonds. The van der Waals surface area contributed by atoms with E-state index in [9.17, 15) is 4.39 Å². The Morgan fingerprint density at radius 1 is 1.10 bits per heavy atom. The summed E-state index contributed by atoms with van der Waals surface area (Å²) < 4.78 is 22.7. The van der Waals surface area contributed by atoms with Crippen molar-refractivity contribution < 1.29 is 9.13 Å². The lowest BCUT2D eigenvalue weighted by molar-refractivity contribution is 0.420. The van der Waals surface area contributed by atoms with Crippen molar-refractivity contribution in [2.75, 3.05) is 12.4 Å². The molecular weight excluding hydrogens is 391 g/mol. The van der Waals surface area contributed by atoms with Gasteiger partial charge < -0.3 is 10.1 Å². The van der Waals surface area contributed by atoms with Crippen LogP contribution in [0, 0.1) is 5.82 Å². The summed E-state index contributed by atoms with van der Waals surface area (Å²) in [6.45, 7) is 0. The van der Waals surface area contributed by atoms with Gasteiger partial charge in [-0.25, -0.2) is 19.3 Å². The highest BCUT2D eigenvalue weighted by Gasteiger charge is 2.16. The second-order valence-electron chi connectivity index (χ2n) is 6.45. The SMILES string of the molecule is COc1cc(-c2cnn(C)c2)cc2ncnc(Nc3ccc4ncsc4c3F)c12. The molecule has 0 unspecified atom stereocenters. The van der Waals surface area contributed by atoms with Gasteiger partial charge in [0.05, 0.1) is 45.6 Å². The zero-order valence-corrected chi connectivity index (χ0v) is 16.4. The number of ether oxygens (including phenoxy) is 1. The Morgan fingerprint density at radius 3 is 2.79 bits per heavy atom. The first kappa shape index (κ1) is 17.5. The van der Waals surface area contributed by atoms with E-state index < -0.39 is 0 Å². The van der Waals surface area contributed by atoms with Crippen LogP contribution in [-0.2, 0) is 7.05 Å². The van der Waals surface area contributed by atoms with Crippen LogP contribution in [0.5, 0.6) is 5.75 Å². The highest BCUT2D eigenvalue weighted by Crippen LogP contribution is 2.37. The van der Waals surface area contributed by atoms with Crippen molar-refractivity contribution in [2.24, 2.45) is 7.05 Å².